The molecule has 0 unspecified atom stereocenters. The van der Waals surface area contributed by atoms with Gasteiger partial charge in [0.05, 0.1) is 15.6 Å². The molecule has 0 amide bonds. The molecule has 124 valence electrons. The lowest BCUT2D eigenvalue weighted by molar-refractivity contribution is -0.274. The number of hydrogen-bond donors (Lipinski definition) is 1. The summed E-state index contributed by atoms with van der Waals surface area (Å²) >= 11 is 12.2. The number of hydrogen-bond acceptors (Lipinski definition) is 3. The smallest absolute Gasteiger partial charge is 0.406 e. The summed E-state index contributed by atoms with van der Waals surface area (Å²) in [7, 11) is 0. The molecule has 0 saturated carbocycles. The maximum Gasteiger partial charge on any atom is 0.573 e. The molecule has 0 aliphatic carbocycles. The summed E-state index contributed by atoms with van der Waals surface area (Å²) in [5, 5.41) is 4.68. The van der Waals surface area contributed by atoms with Crippen molar-refractivity contribution in [2.24, 2.45) is 0 Å². The molecule has 3 rings (SSSR count). The molecule has 0 aliphatic heterocycles. The molecule has 0 spiro atoms. The molecule has 1 N–H and O–H groups in total. The number of halogens is 5. The van der Waals surface area contributed by atoms with E-state index in [2.05, 4.69) is 15.0 Å². The SMILES string of the molecule is FC(F)(F)Oc1ccc(Nc2ccc3c(Cl)ccc(Cl)c3n2)cc1. The number of fused-ring (bicyclic) bond motifs is 1. The summed E-state index contributed by atoms with van der Waals surface area (Å²) in [5.41, 5.74) is 1.08. The van der Waals surface area contributed by atoms with Gasteiger partial charge in [0.15, 0.2) is 0 Å². The van der Waals surface area contributed by atoms with Crippen molar-refractivity contribution in [2.45, 2.75) is 6.36 Å². The number of pyridine rings is 1. The van der Waals surface area contributed by atoms with Crippen LogP contribution in [0.3, 0.4) is 0 Å². The van der Waals surface area contributed by atoms with Gasteiger partial charge in [-0.15, -0.1) is 13.2 Å². The van der Waals surface area contributed by atoms with Gasteiger partial charge in [-0.2, -0.15) is 0 Å². The van der Waals surface area contributed by atoms with Crippen LogP contribution in [0.15, 0.2) is 48.5 Å². The van der Waals surface area contributed by atoms with Crippen LogP contribution >= 0.6 is 23.2 Å². The van der Waals surface area contributed by atoms with E-state index in [1.54, 1.807) is 24.3 Å². The van der Waals surface area contributed by atoms with Crippen molar-refractivity contribution in [3.63, 3.8) is 0 Å². The van der Waals surface area contributed by atoms with Crippen LogP contribution in [0.4, 0.5) is 24.7 Å². The van der Waals surface area contributed by atoms with Gasteiger partial charge in [0.25, 0.3) is 0 Å². The molecule has 0 radical (unpaired) electrons. The first-order valence-corrected chi connectivity index (χ1v) is 7.45. The molecule has 3 aromatic rings. The van der Waals surface area contributed by atoms with Crippen molar-refractivity contribution in [3.8, 4) is 5.75 Å². The molecule has 0 atom stereocenters. The molecule has 1 aromatic heterocycles. The van der Waals surface area contributed by atoms with E-state index < -0.39 is 6.36 Å². The number of ether oxygens (including phenoxy) is 1. The van der Waals surface area contributed by atoms with E-state index >= 15 is 0 Å². The van der Waals surface area contributed by atoms with Crippen molar-refractivity contribution in [3.05, 3.63) is 58.6 Å². The van der Waals surface area contributed by atoms with Crippen molar-refractivity contribution in [1.29, 1.82) is 0 Å². The predicted molar refractivity (Wildman–Crippen MR) is 88.2 cm³/mol. The highest BCUT2D eigenvalue weighted by Crippen LogP contribution is 2.30. The van der Waals surface area contributed by atoms with Gasteiger partial charge in [-0.3, -0.25) is 0 Å². The highest BCUT2D eigenvalue weighted by Gasteiger charge is 2.30. The predicted octanol–water partition coefficient (Wildman–Crippen LogP) is 6.18. The molecular weight excluding hydrogens is 364 g/mol. The molecule has 8 heteroatoms. The van der Waals surface area contributed by atoms with Crippen LogP contribution in [0.5, 0.6) is 5.75 Å². The largest absolute Gasteiger partial charge is 0.573 e. The molecule has 0 saturated heterocycles. The fraction of sp³-hybridized carbons (Fsp3) is 0.0625. The minimum atomic E-state index is -4.72. The summed E-state index contributed by atoms with van der Waals surface area (Å²) in [6.07, 6.45) is -4.72. The van der Waals surface area contributed by atoms with Crippen LogP contribution < -0.4 is 10.1 Å². The highest BCUT2D eigenvalue weighted by molar-refractivity contribution is 6.39. The first-order valence-electron chi connectivity index (χ1n) is 6.69. The van der Waals surface area contributed by atoms with Crippen LogP contribution in [-0.2, 0) is 0 Å². The number of benzene rings is 2. The van der Waals surface area contributed by atoms with E-state index in [4.69, 9.17) is 23.2 Å². The van der Waals surface area contributed by atoms with Gasteiger partial charge in [0.1, 0.15) is 11.6 Å². The molecule has 1 heterocycles. The average molecular weight is 373 g/mol. The second-order valence-corrected chi connectivity index (χ2v) is 5.63. The van der Waals surface area contributed by atoms with Crippen LogP contribution in [0.2, 0.25) is 10.0 Å². The summed E-state index contributed by atoms with van der Waals surface area (Å²) in [4.78, 5) is 4.37. The lowest BCUT2D eigenvalue weighted by Crippen LogP contribution is -2.16. The molecular formula is C16H9Cl2F3N2O. The number of aromatic nitrogens is 1. The Morgan fingerprint density at radius 1 is 0.875 bits per heavy atom. The highest BCUT2D eigenvalue weighted by atomic mass is 35.5. The van der Waals surface area contributed by atoms with Gasteiger partial charge in [-0.25, -0.2) is 4.98 Å². The van der Waals surface area contributed by atoms with Gasteiger partial charge >= 0.3 is 6.36 Å². The molecule has 0 fully saturated rings. The van der Waals surface area contributed by atoms with Crippen molar-refractivity contribution >= 4 is 45.6 Å². The minimum absolute atomic E-state index is 0.297. The standard InChI is InChI=1S/C16H9Cl2F3N2O/c17-12-6-7-13(18)15-11(12)5-8-14(23-15)22-9-1-3-10(4-2-9)24-16(19,20)21/h1-8H,(H,22,23). The molecule has 3 nitrogen and oxygen atoms in total. The second-order valence-electron chi connectivity index (χ2n) is 4.82. The topological polar surface area (TPSA) is 34.1 Å². The van der Waals surface area contributed by atoms with Gasteiger partial charge < -0.3 is 10.1 Å². The quantitative estimate of drug-likeness (QED) is 0.595. The fourth-order valence-corrected chi connectivity index (χ4v) is 2.53. The second kappa shape index (κ2) is 6.37. The van der Waals surface area contributed by atoms with Crippen molar-refractivity contribution in [2.75, 3.05) is 5.32 Å². The van der Waals surface area contributed by atoms with Crippen LogP contribution in [-0.4, -0.2) is 11.3 Å². The summed E-state index contributed by atoms with van der Waals surface area (Å²) < 4.78 is 40.2. The van der Waals surface area contributed by atoms with E-state index in [1.165, 1.54) is 24.3 Å². The van der Waals surface area contributed by atoms with Gasteiger partial charge in [0, 0.05) is 11.1 Å². The third-order valence-corrected chi connectivity index (χ3v) is 3.75. The molecule has 0 bridgehead atoms. The Bertz CT molecular complexity index is 883. The van der Waals surface area contributed by atoms with Crippen LogP contribution in [0, 0.1) is 0 Å². The normalized spacial score (nSPS) is 11.5. The monoisotopic (exact) mass is 372 g/mol. The Hall–Kier alpha value is -2.18. The average Bonchev–Trinajstić information content (AvgIpc) is 2.52. The fourth-order valence-electron chi connectivity index (χ4n) is 2.11. The number of nitrogens with zero attached hydrogens (tertiary/aromatic N) is 1. The van der Waals surface area contributed by atoms with E-state index in [0.29, 0.717) is 32.5 Å². The van der Waals surface area contributed by atoms with Crippen molar-refractivity contribution in [1.82, 2.24) is 4.98 Å². The molecule has 24 heavy (non-hydrogen) atoms. The third kappa shape index (κ3) is 3.83. The maximum absolute atomic E-state index is 12.1. The zero-order valence-electron chi connectivity index (χ0n) is 11.9. The molecule has 0 aliphatic rings. The van der Waals surface area contributed by atoms with E-state index in [-0.39, 0.29) is 5.75 Å². The first kappa shape index (κ1) is 16.7. The number of nitrogens with one attached hydrogen (secondary N) is 1. The Balaban J connectivity index is 1.83. The zero-order valence-corrected chi connectivity index (χ0v) is 13.4. The summed E-state index contributed by atoms with van der Waals surface area (Å²) in [5.74, 6) is 0.186. The van der Waals surface area contributed by atoms with Crippen LogP contribution in [0.25, 0.3) is 10.9 Å². The van der Waals surface area contributed by atoms with Gasteiger partial charge in [-0.1, -0.05) is 23.2 Å². The maximum atomic E-state index is 12.1. The van der Waals surface area contributed by atoms with Gasteiger partial charge in [0.2, 0.25) is 0 Å². The van der Waals surface area contributed by atoms with Gasteiger partial charge in [-0.05, 0) is 48.5 Å². The lowest BCUT2D eigenvalue weighted by Gasteiger charge is -2.11. The van der Waals surface area contributed by atoms with E-state index in [9.17, 15) is 13.2 Å². The Morgan fingerprint density at radius 2 is 1.54 bits per heavy atom. The Labute approximate surface area is 145 Å². The zero-order chi connectivity index (χ0) is 17.3. The molecule has 2 aromatic carbocycles. The summed E-state index contributed by atoms with van der Waals surface area (Å²) in [6.45, 7) is 0. The number of rotatable bonds is 3. The first-order chi connectivity index (χ1) is 11.3. The minimum Gasteiger partial charge on any atom is -0.406 e. The van der Waals surface area contributed by atoms with Crippen molar-refractivity contribution < 1.29 is 17.9 Å². The Kier molecular flexibility index (Phi) is 4.43. The summed E-state index contributed by atoms with van der Waals surface area (Å²) in [6, 6.07) is 12.1. The number of anilines is 2. The lowest BCUT2D eigenvalue weighted by atomic mass is 10.2. The van der Waals surface area contributed by atoms with E-state index in [1.807, 2.05) is 0 Å². The number of alkyl halides is 3. The third-order valence-electron chi connectivity index (χ3n) is 3.12. The Morgan fingerprint density at radius 3 is 2.21 bits per heavy atom. The van der Waals surface area contributed by atoms with E-state index in [0.717, 1.165) is 0 Å². The van der Waals surface area contributed by atoms with Crippen LogP contribution in [0.1, 0.15) is 0 Å².